The number of carbonyl (C=O) groups excluding carboxylic acids is 1. The quantitative estimate of drug-likeness (QED) is 0.392. The number of urea groups is 1. The van der Waals surface area contributed by atoms with Crippen molar-refractivity contribution in [2.45, 2.75) is 31.6 Å². The van der Waals surface area contributed by atoms with E-state index in [1.165, 1.54) is 0 Å². The summed E-state index contributed by atoms with van der Waals surface area (Å²) in [5, 5.41) is 1.30. The number of unbranched alkanes of at least 4 members (excludes halogenated alkanes) is 1. The van der Waals surface area contributed by atoms with Gasteiger partial charge in [-0.1, -0.05) is 19.8 Å². The van der Waals surface area contributed by atoms with Crippen LogP contribution < -0.4 is 62.4 Å². The van der Waals surface area contributed by atoms with E-state index in [-0.39, 0.29) is 51.4 Å². The largest absolute Gasteiger partial charge is 1.00 e. The zero-order valence-electron chi connectivity index (χ0n) is 7.91. The summed E-state index contributed by atoms with van der Waals surface area (Å²) in [5.74, 6) is 0. The summed E-state index contributed by atoms with van der Waals surface area (Å²) in [4.78, 5) is 10.3. The molecule has 0 saturated carbocycles. The first-order valence-electron chi connectivity index (χ1n) is 3.72. The minimum atomic E-state index is -2.29. The summed E-state index contributed by atoms with van der Waals surface area (Å²) < 4.78 is 20.9. The fraction of sp³-hybridized carbons (Fsp3) is 0.833. The predicted octanol–water partition coefficient (Wildman–Crippen LogP) is -2.95. The molecular formula is C6H13KN2O3S. The van der Waals surface area contributed by atoms with E-state index in [1.54, 1.807) is 0 Å². The molecule has 2 amide bonds. The molecule has 2 unspecified atom stereocenters. The van der Waals surface area contributed by atoms with Crippen LogP contribution in [0, 0.1) is 0 Å². The Morgan fingerprint density at radius 2 is 2.23 bits per heavy atom. The van der Waals surface area contributed by atoms with Crippen LogP contribution in [0.1, 0.15) is 26.2 Å². The van der Waals surface area contributed by atoms with Crippen LogP contribution in [0.3, 0.4) is 0 Å². The van der Waals surface area contributed by atoms with Gasteiger partial charge in [-0.3, -0.25) is 4.21 Å². The Morgan fingerprint density at radius 3 is 2.54 bits per heavy atom. The minimum absolute atomic E-state index is 0. The van der Waals surface area contributed by atoms with Crippen molar-refractivity contribution in [1.82, 2.24) is 5.32 Å². The van der Waals surface area contributed by atoms with Gasteiger partial charge in [-0.25, -0.2) is 4.79 Å². The van der Waals surface area contributed by atoms with Gasteiger partial charge in [-0.15, -0.1) is 0 Å². The molecular weight excluding hydrogens is 219 g/mol. The van der Waals surface area contributed by atoms with Gasteiger partial charge in [-0.05, 0) is 17.5 Å². The van der Waals surface area contributed by atoms with Crippen molar-refractivity contribution in [2.24, 2.45) is 5.73 Å². The van der Waals surface area contributed by atoms with Gasteiger partial charge in [0.15, 0.2) is 0 Å². The number of nitrogens with one attached hydrogen (secondary N) is 1. The van der Waals surface area contributed by atoms with Crippen molar-refractivity contribution in [3.63, 3.8) is 0 Å². The maximum Gasteiger partial charge on any atom is 1.00 e. The second kappa shape index (κ2) is 9.57. The van der Waals surface area contributed by atoms with E-state index >= 15 is 0 Å². The average Bonchev–Trinajstić information content (AvgIpc) is 1.96. The van der Waals surface area contributed by atoms with Gasteiger partial charge in [0.2, 0.25) is 0 Å². The standard InChI is InChI=1S/C6H14N2O3S.K/c1-2-3-4-5(12(10)11)8-6(7)9;/h5H,2-4H2,1H3,(H,10,11)(H3,7,8,9);/q;+1/p-1. The molecule has 0 rings (SSSR count). The molecule has 0 saturated heterocycles. The molecule has 0 aromatic rings. The van der Waals surface area contributed by atoms with Crippen LogP contribution in [0.2, 0.25) is 0 Å². The summed E-state index contributed by atoms with van der Waals surface area (Å²) in [7, 11) is 0. The van der Waals surface area contributed by atoms with Crippen molar-refractivity contribution < 1.29 is 64.9 Å². The fourth-order valence-electron chi connectivity index (χ4n) is 0.765. The van der Waals surface area contributed by atoms with E-state index in [2.05, 4.69) is 5.32 Å². The van der Waals surface area contributed by atoms with Crippen LogP contribution in [-0.4, -0.2) is 20.2 Å². The molecule has 13 heavy (non-hydrogen) atoms. The molecule has 0 aromatic carbocycles. The molecule has 0 aliphatic carbocycles. The molecule has 2 atom stereocenters. The van der Waals surface area contributed by atoms with E-state index < -0.39 is 22.5 Å². The monoisotopic (exact) mass is 232 g/mol. The molecule has 0 aliphatic heterocycles. The van der Waals surface area contributed by atoms with Gasteiger partial charge < -0.3 is 15.6 Å². The second-order valence-corrected chi connectivity index (χ2v) is 3.49. The van der Waals surface area contributed by atoms with Crippen LogP contribution in [0.4, 0.5) is 4.79 Å². The third-order valence-corrected chi connectivity index (χ3v) is 2.17. The average molecular weight is 232 g/mol. The van der Waals surface area contributed by atoms with Gasteiger partial charge in [0.05, 0.1) is 5.37 Å². The van der Waals surface area contributed by atoms with Crippen molar-refractivity contribution in [2.75, 3.05) is 0 Å². The Balaban J connectivity index is 0. The molecule has 0 heterocycles. The number of nitrogens with two attached hydrogens (primary N) is 1. The van der Waals surface area contributed by atoms with E-state index in [4.69, 9.17) is 5.73 Å². The maximum atomic E-state index is 10.5. The van der Waals surface area contributed by atoms with Crippen molar-refractivity contribution in [1.29, 1.82) is 0 Å². The Labute approximate surface area is 123 Å². The van der Waals surface area contributed by atoms with Crippen molar-refractivity contribution in [3.05, 3.63) is 0 Å². The van der Waals surface area contributed by atoms with Gasteiger partial charge in [0.1, 0.15) is 0 Å². The van der Waals surface area contributed by atoms with Gasteiger partial charge >= 0.3 is 57.4 Å². The molecule has 0 radical (unpaired) electrons. The minimum Gasteiger partial charge on any atom is -0.771 e. The third kappa shape index (κ3) is 9.32. The first-order chi connectivity index (χ1) is 5.57. The SMILES string of the molecule is CCCCC(NC(N)=O)S(=O)[O-].[K+]. The van der Waals surface area contributed by atoms with Crippen molar-refractivity contribution in [3.8, 4) is 0 Å². The molecule has 3 N–H and O–H groups in total. The van der Waals surface area contributed by atoms with E-state index in [9.17, 15) is 13.6 Å². The topological polar surface area (TPSA) is 95.2 Å². The Kier molecular flexibility index (Phi) is 12.1. The van der Waals surface area contributed by atoms with Gasteiger partial charge in [0, 0.05) is 0 Å². The van der Waals surface area contributed by atoms with Crippen LogP contribution in [-0.2, 0) is 11.1 Å². The normalized spacial score (nSPS) is 14.0. The number of hydrogen-bond donors (Lipinski definition) is 2. The summed E-state index contributed by atoms with van der Waals surface area (Å²) in [6.45, 7) is 1.94. The summed E-state index contributed by atoms with van der Waals surface area (Å²) >= 11 is -2.29. The summed E-state index contributed by atoms with van der Waals surface area (Å²) in [6, 6.07) is -0.805. The molecule has 0 aliphatic rings. The van der Waals surface area contributed by atoms with Crippen molar-refractivity contribution >= 4 is 17.1 Å². The molecule has 0 spiro atoms. The van der Waals surface area contributed by atoms with Crippen LogP contribution in [0.25, 0.3) is 0 Å². The van der Waals surface area contributed by atoms with Gasteiger partial charge in [0.25, 0.3) is 0 Å². The van der Waals surface area contributed by atoms with Crippen LogP contribution in [0.5, 0.6) is 0 Å². The first-order valence-corrected chi connectivity index (χ1v) is 4.85. The predicted molar refractivity (Wildman–Crippen MR) is 45.0 cm³/mol. The smallest absolute Gasteiger partial charge is 0.771 e. The zero-order chi connectivity index (χ0) is 9.56. The molecule has 72 valence electrons. The third-order valence-electron chi connectivity index (χ3n) is 1.36. The van der Waals surface area contributed by atoms with E-state index in [0.29, 0.717) is 6.42 Å². The number of rotatable bonds is 5. The molecule has 0 fully saturated rings. The second-order valence-electron chi connectivity index (χ2n) is 2.40. The van der Waals surface area contributed by atoms with E-state index in [1.807, 2.05) is 6.92 Å². The number of primary amides is 1. The first kappa shape index (κ1) is 16.4. The van der Waals surface area contributed by atoms with Gasteiger partial charge in [-0.2, -0.15) is 0 Å². The Bertz CT molecular complexity index is 179. The molecule has 0 aromatic heterocycles. The van der Waals surface area contributed by atoms with Crippen LogP contribution >= 0.6 is 0 Å². The molecule has 7 heteroatoms. The number of hydrogen-bond acceptors (Lipinski definition) is 3. The Hall–Kier alpha value is 1.02. The zero-order valence-corrected chi connectivity index (χ0v) is 11.8. The van der Waals surface area contributed by atoms with Crippen LogP contribution in [0.15, 0.2) is 0 Å². The number of amides is 2. The maximum absolute atomic E-state index is 10.5. The summed E-state index contributed by atoms with van der Waals surface area (Å²) in [6.07, 6.45) is 2.04. The molecule has 5 nitrogen and oxygen atoms in total. The Morgan fingerprint density at radius 1 is 1.69 bits per heavy atom. The summed E-state index contributed by atoms with van der Waals surface area (Å²) in [5.41, 5.74) is 4.78. The fourth-order valence-corrected chi connectivity index (χ4v) is 1.34. The number of carbonyl (C=O) groups is 1. The molecule has 0 bridgehead atoms. The van der Waals surface area contributed by atoms with E-state index in [0.717, 1.165) is 12.8 Å².